The Hall–Kier alpha value is -0.0400. The maximum absolute atomic E-state index is 3.67. The zero-order chi connectivity index (χ0) is 15.9. The molecule has 128 valence electrons. The molecule has 0 aliphatic heterocycles. The van der Waals surface area contributed by atoms with Crippen molar-refractivity contribution in [1.82, 2.24) is 5.32 Å². The Balaban J connectivity index is 3.61. The topological polar surface area (TPSA) is 12.0 Å². The number of hydrogen-bond acceptors (Lipinski definition) is 1. The third kappa shape index (κ3) is 16.2. The van der Waals surface area contributed by atoms with Crippen molar-refractivity contribution < 1.29 is 0 Å². The maximum Gasteiger partial charge on any atom is -0.00203 e. The summed E-state index contributed by atoms with van der Waals surface area (Å²) in [4.78, 5) is 0. The Bertz CT molecular complexity index is 198. The number of unbranched alkanes of at least 4 members (excludes halogenated alkanes) is 7. The summed E-state index contributed by atoms with van der Waals surface area (Å²) in [6.07, 6.45) is 14.3. The Labute approximate surface area is 135 Å². The molecule has 0 saturated heterocycles. The van der Waals surface area contributed by atoms with Crippen LogP contribution in [0.25, 0.3) is 0 Å². The molecular formula is C20H43N. The first-order chi connectivity index (χ1) is 10.1. The highest BCUT2D eigenvalue weighted by atomic mass is 14.9. The van der Waals surface area contributed by atoms with Gasteiger partial charge in [-0.15, -0.1) is 0 Å². The van der Waals surface area contributed by atoms with Crippen molar-refractivity contribution in [2.45, 2.75) is 98.8 Å². The predicted molar refractivity (Wildman–Crippen MR) is 97.9 cm³/mol. The average molecular weight is 298 g/mol. The van der Waals surface area contributed by atoms with Crippen LogP contribution >= 0.6 is 0 Å². The molecule has 1 N–H and O–H groups in total. The summed E-state index contributed by atoms with van der Waals surface area (Å²) in [5.74, 6) is 2.50. The number of nitrogens with one attached hydrogen (secondary N) is 1. The Morgan fingerprint density at radius 1 is 0.667 bits per heavy atom. The van der Waals surface area contributed by atoms with Crippen molar-refractivity contribution in [2.24, 2.45) is 17.8 Å². The van der Waals surface area contributed by atoms with Crippen molar-refractivity contribution in [3.05, 3.63) is 0 Å². The first kappa shape index (κ1) is 21.0. The molecule has 0 aromatic rings. The summed E-state index contributed by atoms with van der Waals surface area (Å²) < 4.78 is 0. The SMILES string of the molecule is CCCCCCCCCCC(CNCC(C)C)CC(C)C. The smallest absolute Gasteiger partial charge is 0.00203 e. The lowest BCUT2D eigenvalue weighted by Gasteiger charge is -2.20. The lowest BCUT2D eigenvalue weighted by Crippen LogP contribution is -2.27. The molecule has 21 heavy (non-hydrogen) atoms. The van der Waals surface area contributed by atoms with Crippen molar-refractivity contribution in [3.8, 4) is 0 Å². The van der Waals surface area contributed by atoms with E-state index >= 15 is 0 Å². The van der Waals surface area contributed by atoms with Crippen LogP contribution in [-0.2, 0) is 0 Å². The van der Waals surface area contributed by atoms with Gasteiger partial charge in [0.1, 0.15) is 0 Å². The molecule has 0 amide bonds. The van der Waals surface area contributed by atoms with E-state index in [0.29, 0.717) is 0 Å². The molecule has 0 aromatic heterocycles. The van der Waals surface area contributed by atoms with Gasteiger partial charge in [0.25, 0.3) is 0 Å². The molecule has 0 spiro atoms. The molecule has 0 aliphatic rings. The van der Waals surface area contributed by atoms with E-state index in [9.17, 15) is 0 Å². The van der Waals surface area contributed by atoms with E-state index in [2.05, 4.69) is 39.9 Å². The van der Waals surface area contributed by atoms with Crippen LogP contribution in [0.5, 0.6) is 0 Å². The van der Waals surface area contributed by atoms with Crippen molar-refractivity contribution in [2.75, 3.05) is 13.1 Å². The highest BCUT2D eigenvalue weighted by Crippen LogP contribution is 2.19. The van der Waals surface area contributed by atoms with Gasteiger partial charge in [0.05, 0.1) is 0 Å². The molecule has 1 nitrogen and oxygen atoms in total. The molecule has 0 heterocycles. The summed E-state index contributed by atoms with van der Waals surface area (Å²) in [7, 11) is 0. The van der Waals surface area contributed by atoms with Gasteiger partial charge in [-0.05, 0) is 43.7 Å². The maximum atomic E-state index is 3.67. The second kappa shape index (κ2) is 14.9. The molecule has 1 heteroatoms. The summed E-state index contributed by atoms with van der Waals surface area (Å²) in [5, 5.41) is 3.67. The van der Waals surface area contributed by atoms with Crippen molar-refractivity contribution >= 4 is 0 Å². The second-order valence-electron chi connectivity index (χ2n) is 7.81. The second-order valence-corrected chi connectivity index (χ2v) is 7.81. The lowest BCUT2D eigenvalue weighted by atomic mass is 9.91. The van der Waals surface area contributed by atoms with Crippen LogP contribution in [0.3, 0.4) is 0 Å². The van der Waals surface area contributed by atoms with Gasteiger partial charge < -0.3 is 5.32 Å². The summed E-state index contributed by atoms with van der Waals surface area (Å²) in [6.45, 7) is 14.0. The van der Waals surface area contributed by atoms with E-state index in [-0.39, 0.29) is 0 Å². The molecule has 0 aliphatic carbocycles. The molecular weight excluding hydrogens is 254 g/mol. The molecule has 1 atom stereocenters. The summed E-state index contributed by atoms with van der Waals surface area (Å²) in [5.41, 5.74) is 0. The van der Waals surface area contributed by atoms with Gasteiger partial charge in [-0.3, -0.25) is 0 Å². The predicted octanol–water partition coefficient (Wildman–Crippen LogP) is 6.43. The van der Waals surface area contributed by atoms with Crippen molar-refractivity contribution in [3.63, 3.8) is 0 Å². The minimum Gasteiger partial charge on any atom is -0.316 e. The van der Waals surface area contributed by atoms with Crippen LogP contribution in [0.1, 0.15) is 98.8 Å². The van der Waals surface area contributed by atoms with Gasteiger partial charge in [0.15, 0.2) is 0 Å². The van der Waals surface area contributed by atoms with Crippen LogP contribution in [0.4, 0.5) is 0 Å². The largest absolute Gasteiger partial charge is 0.316 e. The summed E-state index contributed by atoms with van der Waals surface area (Å²) in [6, 6.07) is 0. The fourth-order valence-electron chi connectivity index (χ4n) is 3.11. The van der Waals surface area contributed by atoms with Crippen LogP contribution in [0.2, 0.25) is 0 Å². The highest BCUT2D eigenvalue weighted by Gasteiger charge is 2.10. The Morgan fingerprint density at radius 3 is 1.76 bits per heavy atom. The first-order valence-corrected chi connectivity index (χ1v) is 9.76. The molecule has 0 aromatic carbocycles. The van der Waals surface area contributed by atoms with E-state index < -0.39 is 0 Å². The van der Waals surface area contributed by atoms with Crippen LogP contribution in [-0.4, -0.2) is 13.1 Å². The highest BCUT2D eigenvalue weighted by molar-refractivity contribution is 4.66. The Kier molecular flexibility index (Phi) is 14.9. The molecule has 0 fully saturated rings. The van der Waals surface area contributed by atoms with Crippen LogP contribution in [0.15, 0.2) is 0 Å². The minimum atomic E-state index is 0.771. The van der Waals surface area contributed by atoms with Crippen LogP contribution in [0, 0.1) is 17.8 Å². The normalized spacial score (nSPS) is 13.3. The van der Waals surface area contributed by atoms with Crippen molar-refractivity contribution in [1.29, 1.82) is 0 Å². The standard InChI is InChI=1S/C20H43N/c1-6-7-8-9-10-11-12-13-14-20(15-18(2)3)17-21-16-19(4)5/h18-21H,6-17H2,1-5H3. The van der Waals surface area contributed by atoms with E-state index in [1.807, 2.05) is 0 Å². The summed E-state index contributed by atoms with van der Waals surface area (Å²) >= 11 is 0. The number of rotatable bonds is 15. The van der Waals surface area contributed by atoms with E-state index in [4.69, 9.17) is 0 Å². The van der Waals surface area contributed by atoms with Gasteiger partial charge in [-0.25, -0.2) is 0 Å². The molecule has 0 bridgehead atoms. The Morgan fingerprint density at radius 2 is 1.24 bits per heavy atom. The molecule has 1 unspecified atom stereocenters. The zero-order valence-electron chi connectivity index (χ0n) is 15.7. The monoisotopic (exact) mass is 297 g/mol. The third-order valence-electron chi connectivity index (χ3n) is 4.26. The average Bonchev–Trinajstić information content (AvgIpc) is 2.40. The van der Waals surface area contributed by atoms with Crippen LogP contribution < -0.4 is 5.32 Å². The van der Waals surface area contributed by atoms with Gasteiger partial charge >= 0.3 is 0 Å². The molecule has 0 radical (unpaired) electrons. The lowest BCUT2D eigenvalue weighted by molar-refractivity contribution is 0.347. The quantitative estimate of drug-likeness (QED) is 0.344. The van der Waals surface area contributed by atoms with E-state index in [0.717, 1.165) is 17.8 Å². The van der Waals surface area contributed by atoms with E-state index in [1.165, 1.54) is 77.3 Å². The van der Waals surface area contributed by atoms with Gasteiger partial charge in [0.2, 0.25) is 0 Å². The van der Waals surface area contributed by atoms with E-state index in [1.54, 1.807) is 0 Å². The van der Waals surface area contributed by atoms with Gasteiger partial charge in [0, 0.05) is 0 Å². The fraction of sp³-hybridized carbons (Fsp3) is 1.00. The fourth-order valence-corrected chi connectivity index (χ4v) is 3.11. The molecule has 0 saturated carbocycles. The van der Waals surface area contributed by atoms with Gasteiger partial charge in [-0.1, -0.05) is 86.0 Å². The zero-order valence-corrected chi connectivity index (χ0v) is 15.7. The molecule has 0 rings (SSSR count). The third-order valence-corrected chi connectivity index (χ3v) is 4.26. The first-order valence-electron chi connectivity index (χ1n) is 9.76. The number of hydrogen-bond donors (Lipinski definition) is 1. The minimum absolute atomic E-state index is 0.771. The van der Waals surface area contributed by atoms with Gasteiger partial charge in [-0.2, -0.15) is 0 Å².